The maximum absolute atomic E-state index is 11.9. The summed E-state index contributed by atoms with van der Waals surface area (Å²) in [5.74, 6) is 2.75. The zero-order chi connectivity index (χ0) is 27.7. The number of ether oxygens (including phenoxy) is 6. The molecule has 0 aliphatic carbocycles. The molecule has 0 amide bonds. The molecule has 2 atom stereocenters. The maximum atomic E-state index is 11.9. The number of methoxy groups -OCH3 is 2. The van der Waals surface area contributed by atoms with Gasteiger partial charge in [-0.1, -0.05) is 19.1 Å². The van der Waals surface area contributed by atoms with Crippen LogP contribution in [0.2, 0.25) is 0 Å². The first-order chi connectivity index (χ1) is 18.4. The fourth-order valence-electron chi connectivity index (χ4n) is 4.80. The van der Waals surface area contributed by atoms with Crippen molar-refractivity contribution in [1.82, 2.24) is 0 Å². The van der Waals surface area contributed by atoms with Crippen LogP contribution < -0.4 is 28.4 Å². The Hall–Kier alpha value is -3.87. The van der Waals surface area contributed by atoms with Gasteiger partial charge in [-0.15, -0.1) is 0 Å². The van der Waals surface area contributed by atoms with Gasteiger partial charge in [0.1, 0.15) is 0 Å². The molecule has 0 bridgehead atoms. The number of nitriles is 1. The fourth-order valence-corrected chi connectivity index (χ4v) is 4.80. The van der Waals surface area contributed by atoms with E-state index in [1.54, 1.807) is 18.2 Å². The Balaban J connectivity index is 1.85. The van der Waals surface area contributed by atoms with Gasteiger partial charge in [0.25, 0.3) is 0 Å². The van der Waals surface area contributed by atoms with Crippen molar-refractivity contribution >= 4 is 0 Å². The van der Waals surface area contributed by atoms with E-state index in [2.05, 4.69) is 6.07 Å². The Morgan fingerprint density at radius 1 is 1.05 bits per heavy atom. The molecule has 38 heavy (non-hydrogen) atoms. The Labute approximate surface area is 223 Å². The molecule has 1 aliphatic rings. The van der Waals surface area contributed by atoms with Gasteiger partial charge in [-0.2, -0.15) is 5.26 Å². The smallest absolute Gasteiger partial charge is 0.248 e. The van der Waals surface area contributed by atoms with Crippen LogP contribution in [-0.2, 0) is 5.41 Å². The van der Waals surface area contributed by atoms with Crippen molar-refractivity contribution in [3.8, 4) is 40.6 Å². The molecule has 0 radical (unpaired) electrons. The van der Waals surface area contributed by atoms with E-state index in [9.17, 15) is 15.4 Å². The summed E-state index contributed by atoms with van der Waals surface area (Å²) in [6.07, 6.45) is 0.888. The normalized spacial score (nSPS) is 14.7. The summed E-state index contributed by atoms with van der Waals surface area (Å²) < 4.78 is 34.5. The van der Waals surface area contributed by atoms with Crippen molar-refractivity contribution in [3.05, 3.63) is 46.0 Å². The first-order valence-electron chi connectivity index (χ1n) is 12.9. The second kappa shape index (κ2) is 13.1. The molecule has 2 aromatic carbocycles. The van der Waals surface area contributed by atoms with Crippen LogP contribution in [0.4, 0.5) is 0 Å². The summed E-state index contributed by atoms with van der Waals surface area (Å²) in [5.41, 5.74) is -0.380. The molecular weight excluding hydrogens is 492 g/mol. The van der Waals surface area contributed by atoms with E-state index < -0.39 is 17.7 Å². The molecule has 1 heterocycles. The highest BCUT2D eigenvalue weighted by atomic mass is 16.7. The molecule has 0 fully saturated rings. The highest BCUT2D eigenvalue weighted by Gasteiger charge is 2.39. The number of hydrogen-bond donors (Lipinski definition) is 0. The third-order valence-electron chi connectivity index (χ3n) is 6.76. The lowest BCUT2D eigenvalue weighted by Gasteiger charge is -2.30. The van der Waals surface area contributed by atoms with Gasteiger partial charge in [0.15, 0.2) is 23.0 Å². The molecule has 1 aliphatic heterocycles. The average molecular weight is 529 g/mol. The zero-order valence-corrected chi connectivity index (χ0v) is 22.7. The summed E-state index contributed by atoms with van der Waals surface area (Å²) in [5, 5.41) is 22.3. The van der Waals surface area contributed by atoms with Gasteiger partial charge in [0, 0.05) is 16.9 Å². The molecule has 0 N–H and O–H groups in total. The van der Waals surface area contributed by atoms with Crippen molar-refractivity contribution in [1.29, 1.82) is 5.26 Å². The van der Waals surface area contributed by atoms with Crippen LogP contribution in [-0.4, -0.2) is 44.7 Å². The lowest BCUT2D eigenvalue weighted by Crippen LogP contribution is -2.31. The Kier molecular flexibility index (Phi) is 9.88. The highest BCUT2D eigenvalue weighted by molar-refractivity contribution is 5.65. The van der Waals surface area contributed by atoms with E-state index in [1.807, 2.05) is 32.9 Å². The topological polar surface area (TPSA) is 122 Å². The number of nitrogens with zero attached hydrogens (tertiary/aromatic N) is 2. The van der Waals surface area contributed by atoms with E-state index in [4.69, 9.17) is 28.4 Å². The Morgan fingerprint density at radius 3 is 2.18 bits per heavy atom. The molecule has 3 rings (SSSR count). The molecule has 0 spiro atoms. The number of benzene rings is 2. The van der Waals surface area contributed by atoms with Crippen LogP contribution in [0.1, 0.15) is 58.4 Å². The second-order valence-electron chi connectivity index (χ2n) is 8.91. The van der Waals surface area contributed by atoms with Gasteiger partial charge < -0.3 is 28.4 Å². The predicted octanol–water partition coefficient (Wildman–Crippen LogP) is 5.68. The van der Waals surface area contributed by atoms with E-state index >= 15 is 0 Å². The first kappa shape index (κ1) is 28.7. The van der Waals surface area contributed by atoms with Crippen LogP contribution in [0.5, 0.6) is 34.5 Å². The van der Waals surface area contributed by atoms with Crippen LogP contribution >= 0.6 is 0 Å². The molecule has 10 nitrogen and oxygen atoms in total. The van der Waals surface area contributed by atoms with E-state index in [0.717, 1.165) is 0 Å². The summed E-state index contributed by atoms with van der Waals surface area (Å²) in [6.45, 7) is 6.35. The van der Waals surface area contributed by atoms with E-state index in [-0.39, 0.29) is 17.8 Å². The number of para-hydroxylation sites is 2. The lowest BCUT2D eigenvalue weighted by molar-refractivity contribution is -0.527. The minimum Gasteiger partial charge on any atom is -0.490 e. The molecule has 0 saturated heterocycles. The van der Waals surface area contributed by atoms with Crippen molar-refractivity contribution in [3.63, 3.8) is 0 Å². The van der Waals surface area contributed by atoms with Crippen molar-refractivity contribution in [2.45, 2.75) is 70.6 Å². The number of rotatable bonds is 15. The van der Waals surface area contributed by atoms with E-state index in [0.29, 0.717) is 72.5 Å². The monoisotopic (exact) mass is 528 g/mol. The predicted molar refractivity (Wildman–Crippen MR) is 140 cm³/mol. The van der Waals surface area contributed by atoms with Gasteiger partial charge >= 0.3 is 0 Å². The van der Waals surface area contributed by atoms with Gasteiger partial charge in [0.2, 0.25) is 23.8 Å². The highest BCUT2D eigenvalue weighted by Crippen LogP contribution is 2.52. The van der Waals surface area contributed by atoms with Gasteiger partial charge in [0.05, 0.1) is 45.3 Å². The number of hydrogen-bond acceptors (Lipinski definition) is 9. The zero-order valence-electron chi connectivity index (χ0n) is 22.7. The van der Waals surface area contributed by atoms with E-state index in [1.165, 1.54) is 14.2 Å². The van der Waals surface area contributed by atoms with Crippen molar-refractivity contribution in [2.24, 2.45) is 0 Å². The Bertz CT molecular complexity index is 1120. The van der Waals surface area contributed by atoms with Gasteiger partial charge in [-0.05, 0) is 51.3 Å². The van der Waals surface area contributed by atoms with Crippen molar-refractivity contribution < 1.29 is 33.3 Å². The van der Waals surface area contributed by atoms with Crippen LogP contribution in [0.3, 0.4) is 0 Å². The number of fused-ring (bicyclic) bond motifs is 1. The van der Waals surface area contributed by atoms with Crippen molar-refractivity contribution in [2.75, 3.05) is 27.4 Å². The van der Waals surface area contributed by atoms with Crippen LogP contribution in [0.25, 0.3) is 0 Å². The molecule has 0 saturated carbocycles. The largest absolute Gasteiger partial charge is 0.490 e. The van der Waals surface area contributed by atoms with Crippen LogP contribution in [0.15, 0.2) is 30.3 Å². The Morgan fingerprint density at radius 2 is 1.68 bits per heavy atom. The third kappa shape index (κ3) is 5.98. The third-order valence-corrected chi connectivity index (χ3v) is 6.76. The molecular formula is C28H36N2O8. The minimum atomic E-state index is -0.992. The minimum absolute atomic E-state index is 0.0996. The average Bonchev–Trinajstić information content (AvgIpc) is 3.34. The summed E-state index contributed by atoms with van der Waals surface area (Å²) in [7, 11) is 3.02. The molecule has 10 heteroatoms. The summed E-state index contributed by atoms with van der Waals surface area (Å²) in [6, 6.07) is 10.5. The second-order valence-corrected chi connectivity index (χ2v) is 8.91. The lowest BCUT2D eigenvalue weighted by atomic mass is 9.74. The van der Waals surface area contributed by atoms with Crippen LogP contribution in [0, 0.1) is 21.4 Å². The fraction of sp³-hybridized carbons (Fsp3) is 0.536. The standard InChI is InChI=1S/C28H36N2O8/c1-6-28(18-29,20-17-23(35-7-2)26(33-4)27(34-5)25(20)36-8-3)15-11-12-19(30(31)32)16-24-37-21-13-9-10-14-22(21)38-24/h9-10,13-14,17,19,24H,6-8,11-12,15-16H2,1-5H3. The molecule has 2 unspecified atom stereocenters. The number of nitro groups is 1. The summed E-state index contributed by atoms with van der Waals surface area (Å²) >= 11 is 0. The maximum Gasteiger partial charge on any atom is 0.248 e. The first-order valence-corrected chi connectivity index (χ1v) is 12.9. The molecule has 2 aromatic rings. The van der Waals surface area contributed by atoms with Gasteiger partial charge in [-0.25, -0.2) is 0 Å². The molecule has 206 valence electrons. The molecule has 0 aromatic heterocycles. The summed E-state index contributed by atoms with van der Waals surface area (Å²) in [4.78, 5) is 11.6. The quantitative estimate of drug-likeness (QED) is 0.212. The SMILES string of the molecule is CCOc1cc(C(C#N)(CC)CCCC(CC2Oc3ccccc3O2)[N+](=O)[O-])c(OCC)c(OC)c1OC. The van der Waals surface area contributed by atoms with Gasteiger partial charge in [-0.3, -0.25) is 10.1 Å².